The predicted molar refractivity (Wildman–Crippen MR) is 55.6 cm³/mol. The number of sulfonamides is 1. The van der Waals surface area contributed by atoms with Crippen LogP contribution in [0.2, 0.25) is 0 Å². The van der Waals surface area contributed by atoms with Gasteiger partial charge in [0.2, 0.25) is 10.0 Å². The maximum Gasteiger partial charge on any atom is 0.312 e. The fraction of sp³-hybridized carbons (Fsp3) is 0.250. The van der Waals surface area contributed by atoms with Crippen LogP contribution in [0.5, 0.6) is 5.75 Å². The van der Waals surface area contributed by atoms with E-state index in [1.165, 1.54) is 0 Å². The Hall–Kier alpha value is -1.74. The van der Waals surface area contributed by atoms with Crippen LogP contribution in [-0.2, 0) is 10.0 Å². The fourth-order valence-electron chi connectivity index (χ4n) is 1.16. The Kier molecular flexibility index (Phi) is 3.63. The van der Waals surface area contributed by atoms with Crippen LogP contribution in [0.4, 0.5) is 10.1 Å². The van der Waals surface area contributed by atoms with Crippen LogP contribution in [-0.4, -0.2) is 19.9 Å². The van der Waals surface area contributed by atoms with E-state index in [1.54, 1.807) is 6.92 Å². The van der Waals surface area contributed by atoms with Crippen LogP contribution in [0.25, 0.3) is 0 Å². The van der Waals surface area contributed by atoms with Crippen molar-refractivity contribution in [1.29, 1.82) is 0 Å². The van der Waals surface area contributed by atoms with E-state index < -0.39 is 31.3 Å². The summed E-state index contributed by atoms with van der Waals surface area (Å²) in [6.07, 6.45) is 0. The van der Waals surface area contributed by atoms with Crippen LogP contribution in [0.1, 0.15) is 6.92 Å². The molecule has 1 aromatic carbocycles. The third kappa shape index (κ3) is 2.88. The van der Waals surface area contributed by atoms with Crippen LogP contribution in [0, 0.1) is 15.9 Å². The number of hydrogen-bond acceptors (Lipinski definition) is 5. The summed E-state index contributed by atoms with van der Waals surface area (Å²) in [5.41, 5.74) is -0.655. The summed E-state index contributed by atoms with van der Waals surface area (Å²) < 4.78 is 40.1. The number of ether oxygens (including phenoxy) is 1. The average Bonchev–Trinajstić information content (AvgIpc) is 2.15. The lowest BCUT2D eigenvalue weighted by atomic mass is 10.3. The lowest BCUT2D eigenvalue weighted by Crippen LogP contribution is -2.14. The minimum atomic E-state index is -4.36. The van der Waals surface area contributed by atoms with Gasteiger partial charge in [0, 0.05) is 12.1 Å². The molecule has 1 rings (SSSR count). The number of nitrogens with two attached hydrogens (primary N) is 1. The standard InChI is InChI=1S/C8H9FN2O5S/c1-2-16-7-3-5(9)8(17(10,14)15)4-6(7)11(12)13/h3-4H,2H2,1H3,(H2,10,14,15). The summed E-state index contributed by atoms with van der Waals surface area (Å²) >= 11 is 0. The minimum absolute atomic E-state index is 0.0784. The van der Waals surface area contributed by atoms with Crippen molar-refractivity contribution in [2.24, 2.45) is 5.14 Å². The summed E-state index contributed by atoms with van der Waals surface area (Å²) in [5.74, 6) is -1.54. The summed E-state index contributed by atoms with van der Waals surface area (Å²) in [6.45, 7) is 1.63. The Balaban J connectivity index is 3.51. The summed E-state index contributed by atoms with van der Waals surface area (Å²) in [6, 6.07) is 1.16. The van der Waals surface area contributed by atoms with Gasteiger partial charge in [-0.2, -0.15) is 0 Å². The highest BCUT2D eigenvalue weighted by Gasteiger charge is 2.24. The number of nitro benzene ring substituents is 1. The van der Waals surface area contributed by atoms with Gasteiger partial charge in [-0.1, -0.05) is 0 Å². The van der Waals surface area contributed by atoms with Crippen molar-refractivity contribution < 1.29 is 22.5 Å². The monoisotopic (exact) mass is 264 g/mol. The molecule has 0 bridgehead atoms. The van der Waals surface area contributed by atoms with E-state index in [4.69, 9.17) is 9.88 Å². The second-order valence-corrected chi connectivity index (χ2v) is 4.52. The highest BCUT2D eigenvalue weighted by atomic mass is 32.2. The van der Waals surface area contributed by atoms with Crippen molar-refractivity contribution in [3.05, 3.63) is 28.1 Å². The molecule has 0 fully saturated rings. The zero-order chi connectivity index (χ0) is 13.2. The molecule has 0 saturated heterocycles. The van der Waals surface area contributed by atoms with E-state index in [-0.39, 0.29) is 12.4 Å². The second kappa shape index (κ2) is 4.63. The predicted octanol–water partition coefficient (Wildman–Crippen LogP) is 0.780. The van der Waals surface area contributed by atoms with E-state index in [1.807, 2.05) is 0 Å². The number of nitrogens with zero attached hydrogens (tertiary/aromatic N) is 1. The Morgan fingerprint density at radius 2 is 2.12 bits per heavy atom. The third-order valence-corrected chi connectivity index (χ3v) is 2.74. The SMILES string of the molecule is CCOc1cc(F)c(S(N)(=O)=O)cc1[N+](=O)[O-]. The quantitative estimate of drug-likeness (QED) is 0.637. The Morgan fingerprint density at radius 3 is 2.53 bits per heavy atom. The summed E-state index contributed by atoms with van der Waals surface area (Å²) in [4.78, 5) is 8.84. The number of nitro groups is 1. The van der Waals surface area contributed by atoms with Crippen LogP contribution < -0.4 is 9.88 Å². The Bertz CT molecular complexity index is 557. The topological polar surface area (TPSA) is 113 Å². The molecule has 0 heterocycles. The van der Waals surface area contributed by atoms with Gasteiger partial charge in [0.15, 0.2) is 5.75 Å². The first-order valence-corrected chi connectivity index (χ1v) is 5.95. The van der Waals surface area contributed by atoms with Crippen molar-refractivity contribution in [1.82, 2.24) is 0 Å². The van der Waals surface area contributed by atoms with E-state index in [9.17, 15) is 22.9 Å². The number of benzene rings is 1. The zero-order valence-corrected chi connectivity index (χ0v) is 9.53. The molecule has 7 nitrogen and oxygen atoms in total. The average molecular weight is 264 g/mol. The van der Waals surface area contributed by atoms with Crippen LogP contribution in [0.15, 0.2) is 17.0 Å². The lowest BCUT2D eigenvalue weighted by molar-refractivity contribution is -0.386. The molecule has 0 amide bonds. The smallest absolute Gasteiger partial charge is 0.312 e. The van der Waals surface area contributed by atoms with Crippen LogP contribution in [0.3, 0.4) is 0 Å². The number of rotatable bonds is 4. The van der Waals surface area contributed by atoms with Crippen LogP contribution >= 0.6 is 0 Å². The second-order valence-electron chi connectivity index (χ2n) is 2.99. The molecule has 9 heteroatoms. The molecule has 0 aliphatic carbocycles. The van der Waals surface area contributed by atoms with Gasteiger partial charge in [-0.05, 0) is 6.92 Å². The van der Waals surface area contributed by atoms with Crippen molar-refractivity contribution in [2.45, 2.75) is 11.8 Å². The van der Waals surface area contributed by atoms with Gasteiger partial charge in [0.1, 0.15) is 10.7 Å². The fourth-order valence-corrected chi connectivity index (χ4v) is 1.76. The number of hydrogen-bond donors (Lipinski definition) is 1. The largest absolute Gasteiger partial charge is 0.487 e. The van der Waals surface area contributed by atoms with Crippen molar-refractivity contribution >= 4 is 15.7 Å². The molecule has 0 aliphatic rings. The zero-order valence-electron chi connectivity index (χ0n) is 8.71. The Labute approximate surface area is 96.2 Å². The first-order chi connectivity index (χ1) is 7.77. The lowest BCUT2D eigenvalue weighted by Gasteiger charge is -2.06. The molecule has 0 radical (unpaired) electrons. The van der Waals surface area contributed by atoms with Gasteiger partial charge >= 0.3 is 5.69 Å². The molecule has 0 saturated carbocycles. The van der Waals surface area contributed by atoms with E-state index in [2.05, 4.69) is 0 Å². The van der Waals surface area contributed by atoms with E-state index in [0.29, 0.717) is 12.1 Å². The number of primary sulfonamides is 1. The molecule has 0 aromatic heterocycles. The molecule has 0 atom stereocenters. The maximum absolute atomic E-state index is 13.4. The Morgan fingerprint density at radius 1 is 1.53 bits per heavy atom. The molecule has 17 heavy (non-hydrogen) atoms. The molecule has 2 N–H and O–H groups in total. The summed E-state index contributed by atoms with van der Waals surface area (Å²) in [5, 5.41) is 15.4. The molecule has 1 aromatic rings. The summed E-state index contributed by atoms with van der Waals surface area (Å²) in [7, 11) is -4.36. The molecular weight excluding hydrogens is 255 g/mol. The van der Waals surface area contributed by atoms with Crippen molar-refractivity contribution in [3.8, 4) is 5.75 Å². The van der Waals surface area contributed by atoms with Gasteiger partial charge in [-0.25, -0.2) is 17.9 Å². The molecule has 94 valence electrons. The van der Waals surface area contributed by atoms with Gasteiger partial charge in [-0.15, -0.1) is 0 Å². The van der Waals surface area contributed by atoms with Gasteiger partial charge < -0.3 is 4.74 Å². The first kappa shape index (κ1) is 13.3. The normalized spacial score (nSPS) is 11.2. The molecule has 0 spiro atoms. The minimum Gasteiger partial charge on any atom is -0.487 e. The van der Waals surface area contributed by atoms with Crippen molar-refractivity contribution in [3.63, 3.8) is 0 Å². The van der Waals surface area contributed by atoms with Gasteiger partial charge in [-0.3, -0.25) is 10.1 Å². The third-order valence-electron chi connectivity index (χ3n) is 1.82. The molecular formula is C8H9FN2O5S. The van der Waals surface area contributed by atoms with Gasteiger partial charge in [0.25, 0.3) is 0 Å². The van der Waals surface area contributed by atoms with E-state index in [0.717, 1.165) is 0 Å². The first-order valence-electron chi connectivity index (χ1n) is 4.41. The molecule has 0 aliphatic heterocycles. The van der Waals surface area contributed by atoms with E-state index >= 15 is 0 Å². The van der Waals surface area contributed by atoms with Crippen molar-refractivity contribution in [2.75, 3.05) is 6.61 Å². The van der Waals surface area contributed by atoms with Gasteiger partial charge in [0.05, 0.1) is 11.5 Å². The number of halogens is 1. The maximum atomic E-state index is 13.4. The highest BCUT2D eigenvalue weighted by Crippen LogP contribution is 2.31. The molecule has 0 unspecified atom stereocenters. The highest BCUT2D eigenvalue weighted by molar-refractivity contribution is 7.89.